The Labute approximate surface area is 651 Å². The SMILES string of the molecule is CC(C)(C)c1ccc(-c2cccc(-c3ccc(C(C)(C)C)cc3)c2N2c3cc(N(c4ccccc4)c4ccccc4)ccc3B3c4ccc5c(c4Sc4cc(N(c6ccccc6)c6ccccc6)cc2c43)-c2cc(-c3cc(-c4ccccc4)cc(-c4ccccc4)c3)ccc2C52c3ccccc3-c3ccccc32)cc1. The van der Waals surface area contributed by atoms with Crippen molar-refractivity contribution in [1.82, 2.24) is 0 Å². The zero-order valence-electron chi connectivity index (χ0n) is 62.6. The molecule has 1 spiro atoms. The first-order chi connectivity index (χ1) is 53.8. The molecule has 16 aromatic carbocycles. The Morgan fingerprint density at radius 3 is 1.17 bits per heavy atom. The number of rotatable bonds is 12. The molecule has 0 saturated carbocycles. The van der Waals surface area contributed by atoms with Gasteiger partial charge in [-0.1, -0.05) is 338 Å². The van der Waals surface area contributed by atoms with Crippen LogP contribution in [0.25, 0.3) is 77.9 Å². The molecule has 0 radical (unpaired) electrons. The largest absolute Gasteiger partial charge is 0.310 e. The fourth-order valence-corrected chi connectivity index (χ4v) is 19.6. The first kappa shape index (κ1) is 66.7. The van der Waals surface area contributed by atoms with Gasteiger partial charge in [-0.15, -0.1) is 0 Å². The van der Waals surface area contributed by atoms with Crippen molar-refractivity contribution in [3.05, 3.63) is 409 Å². The van der Waals surface area contributed by atoms with Crippen LogP contribution in [0.2, 0.25) is 0 Å². The van der Waals surface area contributed by atoms with Crippen LogP contribution in [0.1, 0.15) is 74.9 Å². The van der Waals surface area contributed by atoms with E-state index in [1.165, 1.54) is 115 Å². The standard InChI is InChI=1S/C105H80BN3S/c1-103(2,3)77-53-48-71(49-54-77)85-44-29-45-86(72-50-55-78(56-51-72)104(4,5)6)101(85)109-96-66-83(107(79-34-17-9-18-35-79)80-36-19-10-20-37-80)57-60-94(96)106-95-61-59-93-99(102(95)110-98-68-84(67-97(109)100(98)106)108(81-38-21-11-22-39-81)82-40-23-12-24-41-82)89-65-73(52-58-92(89)105(93)90-46-27-25-42-87(90)88-43-26-28-47-91(88)105)76-63-74(69-30-13-7-14-31-69)62-75(64-76)70-32-15-8-16-33-70/h7-68H,1-6H3. The van der Waals surface area contributed by atoms with Gasteiger partial charge in [0.15, 0.2) is 0 Å². The predicted octanol–water partition coefficient (Wildman–Crippen LogP) is 26.7. The number of hydrogen-bond acceptors (Lipinski definition) is 4. The van der Waals surface area contributed by atoms with E-state index in [-0.39, 0.29) is 17.5 Å². The molecule has 16 aromatic rings. The van der Waals surface area contributed by atoms with Crippen LogP contribution in [0.15, 0.2) is 386 Å². The summed E-state index contributed by atoms with van der Waals surface area (Å²) in [6.45, 7) is 13.6. The summed E-state index contributed by atoms with van der Waals surface area (Å²) in [6, 6.07) is 142. The second kappa shape index (κ2) is 26.3. The molecule has 0 saturated heterocycles. The highest BCUT2D eigenvalue weighted by Crippen LogP contribution is 2.65. The normalized spacial score (nSPS) is 13.2. The summed E-state index contributed by atoms with van der Waals surface area (Å²) in [5, 5.41) is 0. The number of hydrogen-bond donors (Lipinski definition) is 0. The van der Waals surface area contributed by atoms with Gasteiger partial charge in [0.05, 0.1) is 11.1 Å². The Hall–Kier alpha value is -12.7. The molecular formula is C105H80BN3S. The second-order valence-electron chi connectivity index (χ2n) is 31.9. The molecule has 110 heavy (non-hydrogen) atoms. The van der Waals surface area contributed by atoms with Crippen LogP contribution in [-0.2, 0) is 16.2 Å². The maximum absolute atomic E-state index is 2.70. The number of nitrogens with zero attached hydrogens (tertiary/aromatic N) is 3. The molecule has 524 valence electrons. The van der Waals surface area contributed by atoms with Crippen molar-refractivity contribution >= 4 is 86.0 Å². The zero-order valence-corrected chi connectivity index (χ0v) is 63.4. The minimum absolute atomic E-state index is 0.0479. The van der Waals surface area contributed by atoms with Crippen LogP contribution < -0.4 is 31.1 Å². The maximum Gasteiger partial charge on any atom is 0.249 e. The van der Waals surface area contributed by atoms with Gasteiger partial charge >= 0.3 is 0 Å². The molecule has 3 nitrogen and oxygen atoms in total. The smallest absolute Gasteiger partial charge is 0.249 e. The van der Waals surface area contributed by atoms with Crippen LogP contribution in [0.4, 0.5) is 51.2 Å². The van der Waals surface area contributed by atoms with Crippen LogP contribution in [0, 0.1) is 0 Å². The summed E-state index contributed by atoms with van der Waals surface area (Å²) < 4.78 is 0. The summed E-state index contributed by atoms with van der Waals surface area (Å²) in [7, 11) is 0. The lowest BCUT2D eigenvalue weighted by Gasteiger charge is -2.43. The summed E-state index contributed by atoms with van der Waals surface area (Å²) >= 11 is 1.97. The van der Waals surface area contributed by atoms with E-state index >= 15 is 0 Å². The van der Waals surface area contributed by atoms with Gasteiger partial charge in [0, 0.05) is 72.0 Å². The Morgan fingerprint density at radius 2 is 0.682 bits per heavy atom. The second-order valence-corrected chi connectivity index (χ2v) is 33.0. The quantitative estimate of drug-likeness (QED) is 0.113. The van der Waals surface area contributed by atoms with Crippen molar-refractivity contribution in [2.24, 2.45) is 0 Å². The fourth-order valence-electron chi connectivity index (χ4n) is 18.2. The van der Waals surface area contributed by atoms with Gasteiger partial charge in [0.1, 0.15) is 0 Å². The van der Waals surface area contributed by atoms with E-state index < -0.39 is 5.41 Å². The minimum Gasteiger partial charge on any atom is -0.310 e. The van der Waals surface area contributed by atoms with Crippen molar-refractivity contribution in [1.29, 1.82) is 0 Å². The van der Waals surface area contributed by atoms with Gasteiger partial charge in [0.25, 0.3) is 0 Å². The first-order valence-electron chi connectivity index (χ1n) is 38.6. The molecule has 0 N–H and O–H groups in total. The third-order valence-corrected chi connectivity index (χ3v) is 24.6. The summed E-state index contributed by atoms with van der Waals surface area (Å²) in [5.74, 6) is 0. The molecule has 0 unspecified atom stereocenters. The Morgan fingerprint density at radius 1 is 0.282 bits per heavy atom. The van der Waals surface area contributed by atoms with E-state index in [1.54, 1.807) is 0 Å². The first-order valence-corrected chi connectivity index (χ1v) is 39.4. The molecule has 4 aliphatic rings. The highest BCUT2D eigenvalue weighted by Gasteiger charge is 2.54. The number of benzene rings is 16. The monoisotopic (exact) mass is 1430 g/mol. The fraction of sp³-hybridized carbons (Fsp3) is 0.0857. The molecule has 0 fully saturated rings. The molecule has 2 aliphatic heterocycles. The third kappa shape index (κ3) is 11.0. The Bertz CT molecular complexity index is 5990. The van der Waals surface area contributed by atoms with Crippen molar-refractivity contribution < 1.29 is 0 Å². The van der Waals surface area contributed by atoms with E-state index in [0.717, 1.165) is 73.4 Å². The molecule has 0 bridgehead atoms. The molecule has 2 heterocycles. The lowest BCUT2D eigenvalue weighted by atomic mass is 9.34. The van der Waals surface area contributed by atoms with E-state index in [2.05, 4.69) is 432 Å². The minimum atomic E-state index is -0.622. The predicted molar refractivity (Wildman–Crippen MR) is 467 cm³/mol. The van der Waals surface area contributed by atoms with Gasteiger partial charge in [-0.25, -0.2) is 0 Å². The van der Waals surface area contributed by atoms with Crippen molar-refractivity contribution in [3.8, 4) is 77.9 Å². The number of anilines is 9. The molecule has 2 aliphatic carbocycles. The summed E-state index contributed by atoms with van der Waals surface area (Å²) in [4.78, 5) is 10.1. The maximum atomic E-state index is 2.70. The summed E-state index contributed by atoms with van der Waals surface area (Å²) in [5.41, 5.74) is 37.5. The molecular weight excluding hydrogens is 1350 g/mol. The molecule has 0 aromatic heterocycles. The molecule has 0 atom stereocenters. The highest BCUT2D eigenvalue weighted by molar-refractivity contribution is 8.00. The van der Waals surface area contributed by atoms with Gasteiger partial charge in [-0.3, -0.25) is 0 Å². The molecule has 5 heteroatoms. The lowest BCUT2D eigenvalue weighted by Crippen LogP contribution is -2.60. The third-order valence-electron chi connectivity index (χ3n) is 23.4. The Balaban J connectivity index is 0.909. The zero-order chi connectivity index (χ0) is 74.0. The molecule has 20 rings (SSSR count). The van der Waals surface area contributed by atoms with Gasteiger partial charge in [-0.05, 0) is 213 Å². The van der Waals surface area contributed by atoms with Gasteiger partial charge in [0.2, 0.25) is 6.71 Å². The topological polar surface area (TPSA) is 9.72 Å². The lowest BCUT2D eigenvalue weighted by molar-refractivity contribution is 0.590. The van der Waals surface area contributed by atoms with Crippen LogP contribution in [-0.4, -0.2) is 6.71 Å². The van der Waals surface area contributed by atoms with Crippen molar-refractivity contribution in [3.63, 3.8) is 0 Å². The van der Waals surface area contributed by atoms with E-state index in [4.69, 9.17) is 0 Å². The van der Waals surface area contributed by atoms with E-state index in [0.29, 0.717) is 0 Å². The van der Waals surface area contributed by atoms with Crippen molar-refractivity contribution in [2.45, 2.75) is 67.6 Å². The van der Waals surface area contributed by atoms with Gasteiger partial charge in [-0.2, -0.15) is 0 Å². The van der Waals surface area contributed by atoms with Crippen LogP contribution in [0.3, 0.4) is 0 Å². The van der Waals surface area contributed by atoms with Crippen LogP contribution >= 0.6 is 11.8 Å². The number of fused-ring (bicyclic) bond motifs is 15. The number of para-hydroxylation sites is 5. The van der Waals surface area contributed by atoms with Crippen molar-refractivity contribution in [2.75, 3.05) is 14.7 Å². The summed E-state index contributed by atoms with van der Waals surface area (Å²) in [6.07, 6.45) is 0. The van der Waals surface area contributed by atoms with E-state index in [1.807, 2.05) is 11.8 Å². The van der Waals surface area contributed by atoms with E-state index in [9.17, 15) is 0 Å². The average molecular weight is 1430 g/mol. The molecule has 0 amide bonds. The van der Waals surface area contributed by atoms with Gasteiger partial charge < -0.3 is 14.7 Å². The van der Waals surface area contributed by atoms with Crippen LogP contribution in [0.5, 0.6) is 0 Å². The highest BCUT2D eigenvalue weighted by atomic mass is 32.2. The average Bonchev–Trinajstić information content (AvgIpc) is 1.48. The Kier molecular flexibility index (Phi) is 16.0.